The minimum Gasteiger partial charge on any atom is -0.488 e. The zero-order valence-corrected chi connectivity index (χ0v) is 21.6. The molecule has 196 valence electrons. The van der Waals surface area contributed by atoms with Gasteiger partial charge in [0.05, 0.1) is 6.04 Å². The first kappa shape index (κ1) is 26.4. The van der Waals surface area contributed by atoms with Crippen LogP contribution in [0.2, 0.25) is 0 Å². The fraction of sp³-hybridized carbons (Fsp3) is 0.414. The number of nitrogens with one attached hydrogen (secondary N) is 3. The monoisotopic (exact) mass is 504 g/mol. The summed E-state index contributed by atoms with van der Waals surface area (Å²) in [5.41, 5.74) is 1.82. The fourth-order valence-electron chi connectivity index (χ4n) is 4.98. The van der Waals surface area contributed by atoms with E-state index in [0.717, 1.165) is 17.5 Å². The number of rotatable bonds is 6. The summed E-state index contributed by atoms with van der Waals surface area (Å²) in [5.74, 6) is -0.142. The topological polar surface area (TPSA) is 99.8 Å². The molecule has 0 aliphatic carbocycles. The molecule has 0 unspecified atom stereocenters. The minimum absolute atomic E-state index is 0.0926. The molecule has 2 aromatic rings. The van der Waals surface area contributed by atoms with Crippen LogP contribution in [0.1, 0.15) is 37.8 Å². The molecule has 8 heteroatoms. The highest BCUT2D eigenvalue weighted by Gasteiger charge is 2.46. The van der Waals surface area contributed by atoms with Gasteiger partial charge in [0.15, 0.2) is 0 Å². The van der Waals surface area contributed by atoms with Crippen LogP contribution < -0.4 is 20.7 Å². The van der Waals surface area contributed by atoms with Crippen LogP contribution in [0, 0.1) is 5.92 Å². The van der Waals surface area contributed by atoms with Gasteiger partial charge in [-0.05, 0) is 42.3 Å². The van der Waals surface area contributed by atoms with Crippen LogP contribution in [-0.2, 0) is 20.8 Å². The molecular weight excluding hydrogens is 468 g/mol. The third kappa shape index (κ3) is 6.20. The lowest BCUT2D eigenvalue weighted by Crippen LogP contribution is -2.59. The number of ether oxygens (including phenoxy) is 1. The second-order valence-corrected chi connectivity index (χ2v) is 9.74. The van der Waals surface area contributed by atoms with Crippen molar-refractivity contribution < 1.29 is 19.1 Å². The number of hydrogen-bond donors (Lipinski definition) is 3. The van der Waals surface area contributed by atoms with Crippen LogP contribution in [0.25, 0.3) is 6.08 Å². The number of likely N-dealkylation sites (tertiary alicyclic amines) is 1. The molecule has 3 aliphatic rings. The van der Waals surface area contributed by atoms with Gasteiger partial charge in [-0.3, -0.25) is 14.4 Å². The molecule has 2 bridgehead atoms. The van der Waals surface area contributed by atoms with Crippen LogP contribution in [-0.4, -0.2) is 60.4 Å². The summed E-state index contributed by atoms with van der Waals surface area (Å²) in [4.78, 5) is 42.3. The van der Waals surface area contributed by atoms with E-state index in [1.165, 1.54) is 0 Å². The molecule has 3 amide bonds. The zero-order chi connectivity index (χ0) is 26.4. The van der Waals surface area contributed by atoms with Crippen molar-refractivity contribution in [3.05, 3.63) is 71.9 Å². The number of carbonyl (C=O) groups is 3. The fourth-order valence-corrected chi connectivity index (χ4v) is 4.98. The molecule has 2 aromatic carbocycles. The maximum atomic E-state index is 13.8. The second kappa shape index (κ2) is 12.1. The number of amides is 3. The predicted molar refractivity (Wildman–Crippen MR) is 143 cm³/mol. The van der Waals surface area contributed by atoms with Crippen molar-refractivity contribution in [2.45, 2.75) is 57.3 Å². The quantitative estimate of drug-likeness (QED) is 0.561. The van der Waals surface area contributed by atoms with E-state index in [2.05, 4.69) is 16.0 Å². The van der Waals surface area contributed by atoms with Gasteiger partial charge in [0.2, 0.25) is 17.7 Å². The number of benzene rings is 2. The zero-order valence-electron chi connectivity index (χ0n) is 21.6. The van der Waals surface area contributed by atoms with Gasteiger partial charge in [-0.2, -0.15) is 0 Å². The van der Waals surface area contributed by atoms with Crippen molar-refractivity contribution >= 4 is 23.8 Å². The number of hydrogen-bond acceptors (Lipinski definition) is 5. The number of nitrogens with zero attached hydrogens (tertiary/aromatic N) is 1. The largest absolute Gasteiger partial charge is 0.488 e. The predicted octanol–water partition coefficient (Wildman–Crippen LogP) is 2.50. The highest BCUT2D eigenvalue weighted by molar-refractivity contribution is 5.94. The third-order valence-electron chi connectivity index (χ3n) is 7.27. The van der Waals surface area contributed by atoms with E-state index < -0.39 is 30.1 Å². The highest BCUT2D eigenvalue weighted by Crippen LogP contribution is 2.27. The molecule has 3 aliphatic heterocycles. The lowest BCUT2D eigenvalue weighted by atomic mass is 9.97. The van der Waals surface area contributed by atoms with E-state index in [4.69, 9.17) is 4.74 Å². The molecule has 5 atom stereocenters. The summed E-state index contributed by atoms with van der Waals surface area (Å²) in [6.45, 7) is 4.45. The van der Waals surface area contributed by atoms with Crippen molar-refractivity contribution in [2.75, 3.05) is 13.6 Å². The van der Waals surface area contributed by atoms with Gasteiger partial charge in [0.25, 0.3) is 0 Å². The Morgan fingerprint density at radius 2 is 1.84 bits per heavy atom. The van der Waals surface area contributed by atoms with Gasteiger partial charge in [-0.15, -0.1) is 0 Å². The van der Waals surface area contributed by atoms with Crippen LogP contribution in [0.3, 0.4) is 0 Å². The van der Waals surface area contributed by atoms with Gasteiger partial charge in [0, 0.05) is 25.6 Å². The van der Waals surface area contributed by atoms with Gasteiger partial charge < -0.3 is 25.6 Å². The first-order chi connectivity index (χ1) is 17.9. The molecule has 3 N–H and O–H groups in total. The molecule has 3 heterocycles. The van der Waals surface area contributed by atoms with Gasteiger partial charge in [-0.25, -0.2) is 0 Å². The lowest BCUT2D eigenvalue weighted by Gasteiger charge is -2.33. The molecule has 0 aromatic heterocycles. The normalized spacial score (nSPS) is 23.3. The molecule has 0 radical (unpaired) electrons. The van der Waals surface area contributed by atoms with Crippen LogP contribution in [0.15, 0.2) is 60.8 Å². The molecule has 5 rings (SSSR count). The van der Waals surface area contributed by atoms with Crippen LogP contribution >= 0.6 is 0 Å². The Bertz CT molecular complexity index is 1120. The molecule has 1 fully saturated rings. The SMILES string of the molecule is CC[C@H](C)[C@H](NC)C(=O)N1CC[C@@H]2Oc3ccc(cc3)C=CNC(=O)[C@@H](Cc3ccccc3)NC(=O)[C@H]21. The maximum Gasteiger partial charge on any atom is 0.247 e. The van der Waals surface area contributed by atoms with Crippen LogP contribution in [0.5, 0.6) is 5.75 Å². The first-order valence-electron chi connectivity index (χ1n) is 13.0. The number of likely N-dealkylation sites (N-methyl/N-ethyl adjacent to an activating group) is 1. The molecule has 8 nitrogen and oxygen atoms in total. The minimum atomic E-state index is -0.864. The Labute approximate surface area is 218 Å². The first-order valence-corrected chi connectivity index (χ1v) is 13.0. The summed E-state index contributed by atoms with van der Waals surface area (Å²) in [7, 11) is 1.77. The molecular formula is C29H36N4O4. The van der Waals surface area contributed by atoms with Crippen molar-refractivity contribution in [1.82, 2.24) is 20.9 Å². The van der Waals surface area contributed by atoms with Crippen molar-refractivity contribution in [1.29, 1.82) is 0 Å². The molecule has 37 heavy (non-hydrogen) atoms. The summed E-state index contributed by atoms with van der Waals surface area (Å²) in [6.07, 6.45) is 4.48. The molecule has 1 saturated heterocycles. The van der Waals surface area contributed by atoms with Crippen molar-refractivity contribution in [2.24, 2.45) is 5.92 Å². The second-order valence-electron chi connectivity index (χ2n) is 9.74. The van der Waals surface area contributed by atoms with E-state index in [0.29, 0.717) is 25.1 Å². The average Bonchev–Trinajstić information content (AvgIpc) is 3.33. The molecule has 0 spiro atoms. The van der Waals surface area contributed by atoms with Gasteiger partial charge in [-0.1, -0.05) is 62.7 Å². The smallest absolute Gasteiger partial charge is 0.247 e. The summed E-state index contributed by atoms with van der Waals surface area (Å²) in [5, 5.41) is 8.87. The number of fused-ring (bicyclic) bond motifs is 7. The summed E-state index contributed by atoms with van der Waals surface area (Å²) < 4.78 is 6.27. The van der Waals surface area contributed by atoms with Crippen molar-refractivity contribution in [3.8, 4) is 5.75 Å². The maximum absolute atomic E-state index is 13.8. The van der Waals surface area contributed by atoms with Crippen molar-refractivity contribution in [3.63, 3.8) is 0 Å². The van der Waals surface area contributed by atoms with Gasteiger partial charge in [0.1, 0.15) is 23.9 Å². The average molecular weight is 505 g/mol. The Morgan fingerprint density at radius 1 is 1.11 bits per heavy atom. The van der Waals surface area contributed by atoms with E-state index >= 15 is 0 Å². The third-order valence-corrected chi connectivity index (χ3v) is 7.27. The Balaban J connectivity index is 1.68. The van der Waals surface area contributed by atoms with E-state index in [1.54, 1.807) is 24.2 Å². The Morgan fingerprint density at radius 3 is 2.51 bits per heavy atom. The molecule has 0 saturated carbocycles. The highest BCUT2D eigenvalue weighted by atomic mass is 16.5. The van der Waals surface area contributed by atoms with E-state index in [9.17, 15) is 14.4 Å². The van der Waals surface area contributed by atoms with Gasteiger partial charge >= 0.3 is 0 Å². The lowest BCUT2D eigenvalue weighted by molar-refractivity contribution is -0.143. The van der Waals surface area contributed by atoms with E-state index in [1.807, 2.05) is 68.4 Å². The Hall–Kier alpha value is -3.65. The standard InChI is InChI=1S/C29H36N4O4/c1-4-19(2)25(30-3)29(36)33-17-15-24-26(33)28(35)32-23(18-21-8-6-5-7-9-21)27(34)31-16-14-20-10-12-22(37-24)13-11-20/h5-14,16,19,23-26,30H,4,15,17-18H2,1-3H3,(H,31,34)(H,32,35)/t19-,23+,24-,25-,26-/m0/s1. The number of carbonyl (C=O) groups excluding carboxylic acids is 3. The van der Waals surface area contributed by atoms with Crippen LogP contribution in [0.4, 0.5) is 0 Å². The summed E-state index contributed by atoms with van der Waals surface area (Å²) in [6, 6.07) is 14.9. The summed E-state index contributed by atoms with van der Waals surface area (Å²) >= 11 is 0. The Kier molecular flexibility index (Phi) is 8.61. The van der Waals surface area contributed by atoms with E-state index in [-0.39, 0.29) is 17.7 Å².